The first kappa shape index (κ1) is 16.8. The highest BCUT2D eigenvalue weighted by Crippen LogP contribution is 2.32. The van der Waals surface area contributed by atoms with E-state index >= 15 is 0 Å². The molecule has 3 rings (SSSR count). The first-order valence-electron chi connectivity index (χ1n) is 8.41. The summed E-state index contributed by atoms with van der Waals surface area (Å²) in [5.41, 5.74) is 1.23. The fraction of sp³-hybridized carbons (Fsp3) is 0.500. The Morgan fingerprint density at radius 1 is 1.29 bits per heavy atom. The third-order valence-electron chi connectivity index (χ3n) is 4.60. The van der Waals surface area contributed by atoms with Crippen LogP contribution in [-0.4, -0.2) is 61.3 Å². The third-order valence-corrected chi connectivity index (χ3v) is 4.60. The van der Waals surface area contributed by atoms with Crippen molar-refractivity contribution in [3.05, 3.63) is 36.4 Å². The van der Waals surface area contributed by atoms with Gasteiger partial charge in [-0.15, -0.1) is 6.58 Å². The van der Waals surface area contributed by atoms with Crippen molar-refractivity contribution in [3.63, 3.8) is 0 Å². The molecule has 1 saturated heterocycles. The van der Waals surface area contributed by atoms with Crippen LogP contribution in [0.4, 0.5) is 0 Å². The molecule has 0 bridgehead atoms. The lowest BCUT2D eigenvalue weighted by atomic mass is 10.1. The van der Waals surface area contributed by atoms with Gasteiger partial charge in [-0.3, -0.25) is 14.6 Å². The van der Waals surface area contributed by atoms with E-state index in [1.165, 1.54) is 5.56 Å². The van der Waals surface area contributed by atoms with Crippen LogP contribution in [0, 0.1) is 0 Å². The molecule has 6 heteroatoms. The number of nitrogens with zero attached hydrogens (tertiary/aromatic N) is 2. The van der Waals surface area contributed by atoms with Crippen molar-refractivity contribution in [1.29, 1.82) is 0 Å². The summed E-state index contributed by atoms with van der Waals surface area (Å²) in [7, 11) is 0. The second-order valence-corrected chi connectivity index (χ2v) is 6.21. The summed E-state index contributed by atoms with van der Waals surface area (Å²) < 4.78 is 10.8. The molecule has 2 heterocycles. The number of nitrogens with one attached hydrogen (secondary N) is 1. The zero-order valence-corrected chi connectivity index (χ0v) is 14.2. The molecule has 1 amide bonds. The lowest BCUT2D eigenvalue weighted by molar-refractivity contribution is -0.126. The maximum absolute atomic E-state index is 12.0. The summed E-state index contributed by atoms with van der Waals surface area (Å²) in [5, 5.41) is 2.87. The maximum atomic E-state index is 12.0. The van der Waals surface area contributed by atoms with Crippen LogP contribution in [0.15, 0.2) is 30.9 Å². The molecular weight excluding hydrogens is 306 g/mol. The van der Waals surface area contributed by atoms with Crippen molar-refractivity contribution in [2.75, 3.05) is 39.5 Å². The van der Waals surface area contributed by atoms with Gasteiger partial charge in [0.05, 0.1) is 6.04 Å². The van der Waals surface area contributed by atoms with E-state index in [0.717, 1.165) is 44.2 Å². The number of fused-ring (bicyclic) bond motifs is 1. The normalized spacial score (nSPS) is 19.0. The Hall–Kier alpha value is -2.05. The fourth-order valence-electron chi connectivity index (χ4n) is 3.09. The van der Waals surface area contributed by atoms with Crippen molar-refractivity contribution in [2.45, 2.75) is 19.5 Å². The van der Waals surface area contributed by atoms with Gasteiger partial charge < -0.3 is 14.8 Å². The van der Waals surface area contributed by atoms with Crippen LogP contribution in [0.2, 0.25) is 0 Å². The van der Waals surface area contributed by atoms with Gasteiger partial charge in [-0.1, -0.05) is 12.1 Å². The van der Waals surface area contributed by atoms with Gasteiger partial charge in [0, 0.05) is 39.3 Å². The van der Waals surface area contributed by atoms with Crippen LogP contribution in [0.25, 0.3) is 0 Å². The molecule has 0 spiro atoms. The number of hydrogen-bond acceptors (Lipinski definition) is 5. The minimum absolute atomic E-state index is 0.0686. The first-order valence-corrected chi connectivity index (χ1v) is 8.41. The number of ether oxygens (including phenoxy) is 2. The zero-order chi connectivity index (χ0) is 16.9. The molecule has 1 aromatic carbocycles. The molecule has 0 saturated carbocycles. The van der Waals surface area contributed by atoms with Gasteiger partial charge in [-0.25, -0.2) is 0 Å². The monoisotopic (exact) mass is 331 g/mol. The van der Waals surface area contributed by atoms with Gasteiger partial charge in [0.25, 0.3) is 0 Å². The number of hydrogen-bond donors (Lipinski definition) is 1. The minimum Gasteiger partial charge on any atom is -0.454 e. The third kappa shape index (κ3) is 3.88. The van der Waals surface area contributed by atoms with Crippen molar-refractivity contribution in [2.24, 2.45) is 0 Å². The quantitative estimate of drug-likeness (QED) is 0.795. The molecule has 0 aliphatic carbocycles. The molecule has 2 aliphatic heterocycles. The Labute approximate surface area is 143 Å². The van der Waals surface area contributed by atoms with Crippen LogP contribution in [0.5, 0.6) is 11.5 Å². The van der Waals surface area contributed by atoms with Crippen LogP contribution >= 0.6 is 0 Å². The van der Waals surface area contributed by atoms with E-state index in [-0.39, 0.29) is 11.9 Å². The lowest BCUT2D eigenvalue weighted by Gasteiger charge is -2.37. The van der Waals surface area contributed by atoms with Gasteiger partial charge in [-0.05, 0) is 24.6 Å². The Balaban J connectivity index is 1.48. The highest BCUT2D eigenvalue weighted by molar-refractivity contribution is 5.81. The number of benzene rings is 1. The minimum atomic E-state index is -0.0994. The van der Waals surface area contributed by atoms with Crippen LogP contribution in [0.3, 0.4) is 0 Å². The second kappa shape index (κ2) is 7.68. The molecule has 2 aliphatic rings. The van der Waals surface area contributed by atoms with Gasteiger partial charge in [0.15, 0.2) is 11.5 Å². The van der Waals surface area contributed by atoms with E-state index in [1.54, 1.807) is 6.08 Å². The second-order valence-electron chi connectivity index (χ2n) is 6.21. The first-order chi connectivity index (χ1) is 11.7. The average Bonchev–Trinajstić information content (AvgIpc) is 3.07. The van der Waals surface area contributed by atoms with E-state index in [2.05, 4.69) is 33.8 Å². The Bertz CT molecular complexity index is 597. The summed E-state index contributed by atoms with van der Waals surface area (Å²) in [6.45, 7) is 11.0. The Kier molecular flexibility index (Phi) is 5.37. The largest absolute Gasteiger partial charge is 0.454 e. The van der Waals surface area contributed by atoms with Crippen LogP contribution < -0.4 is 14.8 Å². The summed E-state index contributed by atoms with van der Waals surface area (Å²) in [4.78, 5) is 16.7. The van der Waals surface area contributed by atoms with E-state index < -0.39 is 0 Å². The van der Waals surface area contributed by atoms with Gasteiger partial charge in [-0.2, -0.15) is 0 Å². The fourth-order valence-corrected chi connectivity index (χ4v) is 3.09. The molecule has 1 N–H and O–H groups in total. The molecular formula is C18H25N3O3. The molecule has 130 valence electrons. The Morgan fingerprint density at radius 3 is 2.79 bits per heavy atom. The molecule has 0 aromatic heterocycles. The molecule has 1 aromatic rings. The van der Waals surface area contributed by atoms with Gasteiger partial charge >= 0.3 is 0 Å². The van der Waals surface area contributed by atoms with Crippen molar-refractivity contribution in [1.82, 2.24) is 15.1 Å². The van der Waals surface area contributed by atoms with E-state index in [1.807, 2.05) is 13.0 Å². The smallest absolute Gasteiger partial charge is 0.237 e. The molecule has 6 nitrogen and oxygen atoms in total. The van der Waals surface area contributed by atoms with E-state index in [0.29, 0.717) is 13.3 Å². The van der Waals surface area contributed by atoms with Crippen molar-refractivity contribution in [3.8, 4) is 11.5 Å². The molecule has 0 radical (unpaired) electrons. The summed E-state index contributed by atoms with van der Waals surface area (Å²) in [5.74, 6) is 1.72. The predicted octanol–water partition coefficient (Wildman–Crippen LogP) is 1.22. The highest BCUT2D eigenvalue weighted by Gasteiger charge is 2.25. The number of carbonyl (C=O) groups excluding carboxylic acids is 1. The van der Waals surface area contributed by atoms with Gasteiger partial charge in [0.1, 0.15) is 0 Å². The molecule has 0 unspecified atom stereocenters. The van der Waals surface area contributed by atoms with E-state index in [4.69, 9.17) is 9.47 Å². The number of carbonyl (C=O) groups is 1. The molecule has 1 atom stereocenters. The van der Waals surface area contributed by atoms with E-state index in [9.17, 15) is 4.79 Å². The summed E-state index contributed by atoms with van der Waals surface area (Å²) in [6.07, 6.45) is 1.70. The zero-order valence-electron chi connectivity index (χ0n) is 14.2. The van der Waals surface area contributed by atoms with Crippen LogP contribution in [-0.2, 0) is 11.3 Å². The number of piperazine rings is 1. The molecule has 1 fully saturated rings. The standard InChI is InChI=1S/C18H25N3O3/c1-3-6-19-18(22)14(2)21-9-7-20(8-10-21)12-15-4-5-16-17(11-15)24-13-23-16/h3-5,11,14H,1,6-10,12-13H2,2H3,(H,19,22)/t14-/m0/s1. The Morgan fingerprint density at radius 2 is 2.04 bits per heavy atom. The lowest BCUT2D eigenvalue weighted by Crippen LogP contribution is -2.53. The summed E-state index contributed by atoms with van der Waals surface area (Å²) in [6, 6.07) is 6.02. The molecule has 24 heavy (non-hydrogen) atoms. The average molecular weight is 331 g/mol. The SMILES string of the molecule is C=CCNC(=O)[C@H](C)N1CCN(Cc2ccc3c(c2)OCO3)CC1. The topological polar surface area (TPSA) is 54.0 Å². The van der Waals surface area contributed by atoms with Gasteiger partial charge in [0.2, 0.25) is 12.7 Å². The summed E-state index contributed by atoms with van der Waals surface area (Å²) >= 11 is 0. The number of amides is 1. The highest BCUT2D eigenvalue weighted by atomic mass is 16.7. The van der Waals surface area contributed by atoms with Crippen molar-refractivity contribution < 1.29 is 14.3 Å². The number of rotatable bonds is 6. The van der Waals surface area contributed by atoms with Crippen molar-refractivity contribution >= 4 is 5.91 Å². The predicted molar refractivity (Wildman–Crippen MR) is 92.1 cm³/mol. The van der Waals surface area contributed by atoms with Crippen LogP contribution in [0.1, 0.15) is 12.5 Å². The maximum Gasteiger partial charge on any atom is 0.237 e.